The molecule has 1 aromatic carbocycles. The molecule has 24 heavy (non-hydrogen) atoms. The maximum atomic E-state index is 12.4. The highest BCUT2D eigenvalue weighted by Crippen LogP contribution is 2.36. The Balaban J connectivity index is 2.03. The number of rotatable bonds is 5. The zero-order valence-electron chi connectivity index (χ0n) is 14.5. The van der Waals surface area contributed by atoms with Crippen molar-refractivity contribution in [1.82, 2.24) is 9.78 Å². The summed E-state index contributed by atoms with van der Waals surface area (Å²) in [5.74, 6) is -0.119. The largest absolute Gasteiger partial charge is 0.464 e. The summed E-state index contributed by atoms with van der Waals surface area (Å²) in [4.78, 5) is 12.4. The van der Waals surface area contributed by atoms with Crippen molar-refractivity contribution in [3.05, 3.63) is 41.2 Å². The number of nitrogens with zero attached hydrogens (tertiary/aromatic N) is 2. The second kappa shape index (κ2) is 6.77. The lowest BCUT2D eigenvalue weighted by atomic mass is 9.88. The normalized spacial score (nSPS) is 14.2. The van der Waals surface area contributed by atoms with E-state index in [1.54, 1.807) is 0 Å². The Morgan fingerprint density at radius 1 is 1.33 bits per heavy atom. The third kappa shape index (κ3) is 2.84. The molecule has 5 nitrogen and oxygen atoms in total. The minimum atomic E-state index is -0.396. The topological polar surface area (TPSA) is 64.4 Å². The molecule has 1 heterocycles. The Labute approximate surface area is 142 Å². The number of carbonyl (C=O) groups is 1. The highest BCUT2D eigenvalue weighted by molar-refractivity contribution is 5.76. The minimum absolute atomic E-state index is 0.0533. The van der Waals surface area contributed by atoms with E-state index in [1.165, 1.54) is 5.56 Å². The standard InChI is InChI=1S/C19H24N2O3/c1-4-24-19(23)18(12(2)3)21-17-8-6-14-9-13(11-22)5-7-15(14)16(17)10-20-21/h5,7,9-10,12,18,22H,4,6,8,11H2,1-3H3. The van der Waals surface area contributed by atoms with Crippen LogP contribution in [-0.4, -0.2) is 27.5 Å². The molecule has 2 aromatic rings. The van der Waals surface area contributed by atoms with Crippen LogP contribution in [0.25, 0.3) is 11.1 Å². The van der Waals surface area contributed by atoms with Gasteiger partial charge in [-0.25, -0.2) is 4.79 Å². The Hall–Kier alpha value is -2.14. The number of ether oxygens (including phenoxy) is 1. The van der Waals surface area contributed by atoms with Crippen LogP contribution in [0.4, 0.5) is 0 Å². The summed E-state index contributed by atoms with van der Waals surface area (Å²) in [6, 6.07) is 5.64. The number of aliphatic hydroxyl groups is 1. The molecule has 128 valence electrons. The molecule has 1 atom stereocenters. The molecule has 1 aliphatic carbocycles. The third-order valence-electron chi connectivity index (χ3n) is 4.60. The fourth-order valence-corrected chi connectivity index (χ4v) is 3.45. The summed E-state index contributed by atoms with van der Waals surface area (Å²) < 4.78 is 7.10. The van der Waals surface area contributed by atoms with Gasteiger partial charge in [0.15, 0.2) is 6.04 Å². The molecule has 0 spiro atoms. The van der Waals surface area contributed by atoms with Gasteiger partial charge in [-0.15, -0.1) is 0 Å². The Kier molecular flexibility index (Phi) is 4.71. The number of benzene rings is 1. The SMILES string of the molecule is CCOC(=O)C(C(C)C)n1ncc2c1CCc1cc(CO)ccc1-2. The van der Waals surface area contributed by atoms with Crippen molar-refractivity contribution in [1.29, 1.82) is 0 Å². The Morgan fingerprint density at radius 3 is 2.79 bits per heavy atom. The summed E-state index contributed by atoms with van der Waals surface area (Å²) in [6.45, 7) is 6.28. The van der Waals surface area contributed by atoms with Crippen molar-refractivity contribution in [3.8, 4) is 11.1 Å². The highest BCUT2D eigenvalue weighted by Gasteiger charge is 2.31. The molecule has 1 aromatic heterocycles. The predicted molar refractivity (Wildman–Crippen MR) is 91.5 cm³/mol. The van der Waals surface area contributed by atoms with Gasteiger partial charge in [-0.1, -0.05) is 32.0 Å². The number of hydrogen-bond acceptors (Lipinski definition) is 4. The van der Waals surface area contributed by atoms with Gasteiger partial charge in [0, 0.05) is 11.3 Å². The average molecular weight is 328 g/mol. The summed E-state index contributed by atoms with van der Waals surface area (Å²) >= 11 is 0. The molecule has 3 rings (SSSR count). The lowest BCUT2D eigenvalue weighted by molar-refractivity contribution is -0.149. The van der Waals surface area contributed by atoms with E-state index >= 15 is 0 Å². The number of fused-ring (bicyclic) bond motifs is 3. The van der Waals surface area contributed by atoms with Gasteiger partial charge in [0.2, 0.25) is 0 Å². The van der Waals surface area contributed by atoms with Gasteiger partial charge >= 0.3 is 5.97 Å². The van der Waals surface area contributed by atoms with E-state index in [9.17, 15) is 9.90 Å². The molecule has 1 unspecified atom stereocenters. The molecule has 0 radical (unpaired) electrons. The van der Waals surface area contributed by atoms with Crippen molar-refractivity contribution in [3.63, 3.8) is 0 Å². The van der Waals surface area contributed by atoms with Gasteiger partial charge in [0.05, 0.1) is 19.4 Å². The van der Waals surface area contributed by atoms with Gasteiger partial charge in [-0.2, -0.15) is 5.10 Å². The lowest BCUT2D eigenvalue weighted by Crippen LogP contribution is -2.29. The smallest absolute Gasteiger partial charge is 0.331 e. The molecule has 0 saturated carbocycles. The van der Waals surface area contributed by atoms with Crippen LogP contribution in [0, 0.1) is 5.92 Å². The van der Waals surface area contributed by atoms with Crippen molar-refractivity contribution in [2.24, 2.45) is 5.92 Å². The van der Waals surface area contributed by atoms with Crippen molar-refractivity contribution in [2.75, 3.05) is 6.61 Å². The van der Waals surface area contributed by atoms with Crippen LogP contribution in [0.15, 0.2) is 24.4 Å². The van der Waals surface area contributed by atoms with E-state index in [-0.39, 0.29) is 18.5 Å². The lowest BCUT2D eigenvalue weighted by Gasteiger charge is -2.24. The molecule has 0 amide bonds. The number of aromatic nitrogens is 2. The first-order chi connectivity index (χ1) is 11.6. The first-order valence-electron chi connectivity index (χ1n) is 8.52. The van der Waals surface area contributed by atoms with Gasteiger partial charge < -0.3 is 9.84 Å². The number of aryl methyl sites for hydroxylation is 1. The molecule has 0 aliphatic heterocycles. The van der Waals surface area contributed by atoms with Gasteiger partial charge in [0.25, 0.3) is 0 Å². The summed E-state index contributed by atoms with van der Waals surface area (Å²) in [5, 5.41) is 13.8. The van der Waals surface area contributed by atoms with Crippen LogP contribution in [0.5, 0.6) is 0 Å². The molecule has 5 heteroatoms. The monoisotopic (exact) mass is 328 g/mol. The van der Waals surface area contributed by atoms with E-state index < -0.39 is 6.04 Å². The van der Waals surface area contributed by atoms with E-state index in [2.05, 4.69) is 11.2 Å². The van der Waals surface area contributed by atoms with Crippen LogP contribution in [-0.2, 0) is 29.0 Å². The zero-order chi connectivity index (χ0) is 17.3. The average Bonchev–Trinajstić information content (AvgIpc) is 2.98. The van der Waals surface area contributed by atoms with E-state index in [0.717, 1.165) is 35.2 Å². The number of esters is 1. The minimum Gasteiger partial charge on any atom is -0.464 e. The quantitative estimate of drug-likeness (QED) is 0.857. The summed E-state index contributed by atoms with van der Waals surface area (Å²) in [7, 11) is 0. The fourth-order valence-electron chi connectivity index (χ4n) is 3.45. The molecule has 1 N–H and O–H groups in total. The van der Waals surface area contributed by atoms with Gasteiger partial charge in [-0.3, -0.25) is 4.68 Å². The molecule has 0 fully saturated rings. The first kappa shape index (κ1) is 16.7. The van der Waals surface area contributed by atoms with Crippen molar-refractivity contribution in [2.45, 2.75) is 46.3 Å². The van der Waals surface area contributed by atoms with Crippen LogP contribution >= 0.6 is 0 Å². The van der Waals surface area contributed by atoms with Gasteiger partial charge in [-0.05, 0) is 42.4 Å². The fraction of sp³-hybridized carbons (Fsp3) is 0.474. The van der Waals surface area contributed by atoms with Crippen LogP contribution in [0.3, 0.4) is 0 Å². The molecular formula is C19H24N2O3. The van der Waals surface area contributed by atoms with Crippen LogP contribution in [0.2, 0.25) is 0 Å². The molecule has 0 bridgehead atoms. The zero-order valence-corrected chi connectivity index (χ0v) is 14.5. The summed E-state index contributed by atoms with van der Waals surface area (Å²) in [6.07, 6.45) is 3.57. The first-order valence-corrected chi connectivity index (χ1v) is 8.52. The number of hydrogen-bond donors (Lipinski definition) is 1. The maximum absolute atomic E-state index is 12.4. The van der Waals surface area contributed by atoms with Crippen molar-refractivity contribution >= 4 is 5.97 Å². The summed E-state index contributed by atoms with van der Waals surface area (Å²) in [5.41, 5.74) is 5.47. The number of aliphatic hydroxyl groups excluding tert-OH is 1. The Morgan fingerprint density at radius 2 is 2.12 bits per heavy atom. The molecular weight excluding hydrogens is 304 g/mol. The second-order valence-electron chi connectivity index (χ2n) is 6.54. The molecule has 0 saturated heterocycles. The third-order valence-corrected chi connectivity index (χ3v) is 4.60. The van der Waals surface area contributed by atoms with E-state index in [0.29, 0.717) is 6.61 Å². The van der Waals surface area contributed by atoms with Crippen molar-refractivity contribution < 1.29 is 14.6 Å². The van der Waals surface area contributed by atoms with E-state index in [4.69, 9.17) is 4.74 Å². The second-order valence-corrected chi connectivity index (χ2v) is 6.54. The van der Waals surface area contributed by atoms with Crippen LogP contribution < -0.4 is 0 Å². The van der Waals surface area contributed by atoms with Crippen LogP contribution in [0.1, 0.15) is 43.6 Å². The Bertz CT molecular complexity index is 749. The maximum Gasteiger partial charge on any atom is 0.331 e. The highest BCUT2D eigenvalue weighted by atomic mass is 16.5. The predicted octanol–water partition coefficient (Wildman–Crippen LogP) is 2.90. The molecule has 1 aliphatic rings. The van der Waals surface area contributed by atoms with Gasteiger partial charge in [0.1, 0.15) is 0 Å². The van der Waals surface area contributed by atoms with E-state index in [1.807, 2.05) is 43.8 Å². The number of carbonyl (C=O) groups excluding carboxylic acids is 1.